The summed E-state index contributed by atoms with van der Waals surface area (Å²) in [6, 6.07) is 15.5. The Morgan fingerprint density at radius 2 is 2.03 bits per heavy atom. The number of nitriles is 1. The summed E-state index contributed by atoms with van der Waals surface area (Å²) in [5.41, 5.74) is 3.33. The van der Waals surface area contributed by atoms with Crippen molar-refractivity contribution >= 4 is 10.9 Å². The van der Waals surface area contributed by atoms with E-state index in [-0.39, 0.29) is 6.54 Å². The lowest BCUT2D eigenvalue weighted by atomic mass is 9.82. The molecule has 5 rings (SSSR count). The quantitative estimate of drug-likeness (QED) is 0.501. The highest BCUT2D eigenvalue weighted by Gasteiger charge is 2.37. The molecule has 1 fully saturated rings. The first kappa shape index (κ1) is 17.5. The highest BCUT2D eigenvalue weighted by molar-refractivity contribution is 5.87. The summed E-state index contributed by atoms with van der Waals surface area (Å²) >= 11 is 0. The highest BCUT2D eigenvalue weighted by atomic mass is 19.1. The molecule has 6 heteroatoms. The van der Waals surface area contributed by atoms with Crippen molar-refractivity contribution in [3.63, 3.8) is 0 Å². The number of benzene rings is 1. The Morgan fingerprint density at radius 3 is 2.83 bits per heavy atom. The SMILES string of the molecule is N#Cc1ccc(-c2cnn(CC3(F)CCC3)c2)c(-c2ccc3cccnc3c2)n1. The van der Waals surface area contributed by atoms with E-state index in [1.807, 2.05) is 42.6 Å². The molecule has 3 heterocycles. The average Bonchev–Trinajstić information content (AvgIpc) is 3.20. The normalized spacial score (nSPS) is 15.0. The van der Waals surface area contributed by atoms with Crippen LogP contribution in [0, 0.1) is 11.3 Å². The summed E-state index contributed by atoms with van der Waals surface area (Å²) in [6.07, 6.45) is 7.46. The van der Waals surface area contributed by atoms with E-state index in [1.165, 1.54) is 0 Å². The van der Waals surface area contributed by atoms with E-state index in [9.17, 15) is 9.65 Å². The molecule has 1 aromatic carbocycles. The van der Waals surface area contributed by atoms with Crippen molar-refractivity contribution in [2.75, 3.05) is 0 Å². The number of aromatic nitrogens is 4. The molecular formula is C23H18FN5. The minimum Gasteiger partial charge on any atom is -0.269 e. The van der Waals surface area contributed by atoms with Crippen LogP contribution >= 0.6 is 0 Å². The number of pyridine rings is 2. The molecule has 142 valence electrons. The molecule has 1 aliphatic carbocycles. The molecule has 0 spiro atoms. The third-order valence-electron chi connectivity index (χ3n) is 5.53. The molecule has 29 heavy (non-hydrogen) atoms. The molecule has 4 aromatic rings. The van der Waals surface area contributed by atoms with Crippen LogP contribution in [0.25, 0.3) is 33.3 Å². The molecule has 0 aliphatic heterocycles. The summed E-state index contributed by atoms with van der Waals surface area (Å²) in [5.74, 6) is 0. The predicted molar refractivity (Wildman–Crippen MR) is 109 cm³/mol. The highest BCUT2D eigenvalue weighted by Crippen LogP contribution is 2.38. The van der Waals surface area contributed by atoms with E-state index >= 15 is 0 Å². The van der Waals surface area contributed by atoms with Gasteiger partial charge in [-0.05, 0) is 43.5 Å². The summed E-state index contributed by atoms with van der Waals surface area (Å²) in [7, 11) is 0. The van der Waals surface area contributed by atoms with Crippen molar-refractivity contribution in [1.82, 2.24) is 19.7 Å². The molecule has 1 saturated carbocycles. The zero-order chi connectivity index (χ0) is 19.8. The van der Waals surface area contributed by atoms with E-state index in [4.69, 9.17) is 0 Å². The van der Waals surface area contributed by atoms with Crippen LogP contribution in [0.15, 0.2) is 61.1 Å². The molecule has 0 N–H and O–H groups in total. The van der Waals surface area contributed by atoms with E-state index < -0.39 is 5.67 Å². The first-order valence-electron chi connectivity index (χ1n) is 9.62. The third-order valence-corrected chi connectivity index (χ3v) is 5.53. The third kappa shape index (κ3) is 3.25. The Kier molecular flexibility index (Phi) is 4.09. The van der Waals surface area contributed by atoms with Crippen LogP contribution in [-0.4, -0.2) is 25.4 Å². The number of nitrogens with zero attached hydrogens (tertiary/aromatic N) is 5. The minimum absolute atomic E-state index is 0.270. The molecule has 0 saturated heterocycles. The van der Waals surface area contributed by atoms with Crippen molar-refractivity contribution in [2.45, 2.75) is 31.5 Å². The van der Waals surface area contributed by atoms with Gasteiger partial charge < -0.3 is 0 Å². The summed E-state index contributed by atoms with van der Waals surface area (Å²) in [5, 5.41) is 14.7. The maximum Gasteiger partial charge on any atom is 0.141 e. The molecular weight excluding hydrogens is 365 g/mol. The van der Waals surface area contributed by atoms with E-state index in [0.29, 0.717) is 24.2 Å². The van der Waals surface area contributed by atoms with Crippen LogP contribution < -0.4 is 0 Å². The largest absolute Gasteiger partial charge is 0.269 e. The van der Waals surface area contributed by atoms with Crippen molar-refractivity contribution in [3.05, 3.63) is 66.7 Å². The zero-order valence-electron chi connectivity index (χ0n) is 15.7. The Bertz CT molecular complexity index is 1250. The fourth-order valence-electron chi connectivity index (χ4n) is 3.79. The number of hydrogen-bond donors (Lipinski definition) is 0. The molecule has 5 nitrogen and oxygen atoms in total. The fraction of sp³-hybridized carbons (Fsp3) is 0.217. The van der Waals surface area contributed by atoms with Gasteiger partial charge >= 0.3 is 0 Å². The Balaban J connectivity index is 1.58. The molecule has 0 bridgehead atoms. The van der Waals surface area contributed by atoms with Gasteiger partial charge in [0, 0.05) is 34.5 Å². The summed E-state index contributed by atoms with van der Waals surface area (Å²) in [6.45, 7) is 0.270. The van der Waals surface area contributed by atoms with Crippen LogP contribution in [0.4, 0.5) is 4.39 Å². The second-order valence-electron chi connectivity index (χ2n) is 7.55. The summed E-state index contributed by atoms with van der Waals surface area (Å²) < 4.78 is 16.1. The maximum absolute atomic E-state index is 14.5. The number of alkyl halides is 1. The van der Waals surface area contributed by atoms with E-state index in [0.717, 1.165) is 34.0 Å². The van der Waals surface area contributed by atoms with Crippen LogP contribution in [-0.2, 0) is 6.54 Å². The van der Waals surface area contributed by atoms with Gasteiger partial charge in [-0.15, -0.1) is 0 Å². The van der Waals surface area contributed by atoms with Gasteiger partial charge in [0.05, 0.1) is 24.0 Å². The Hall–Kier alpha value is -3.59. The minimum atomic E-state index is -1.14. The zero-order valence-corrected chi connectivity index (χ0v) is 15.7. The first-order chi connectivity index (χ1) is 14.1. The van der Waals surface area contributed by atoms with Gasteiger partial charge in [0.25, 0.3) is 0 Å². The number of halogens is 1. The second kappa shape index (κ2) is 6.78. The molecule has 1 aliphatic rings. The predicted octanol–water partition coefficient (Wildman–Crippen LogP) is 4.92. The summed E-state index contributed by atoms with van der Waals surface area (Å²) in [4.78, 5) is 8.98. The second-order valence-corrected chi connectivity index (χ2v) is 7.55. The van der Waals surface area contributed by atoms with Crippen LogP contribution in [0.3, 0.4) is 0 Å². The monoisotopic (exact) mass is 383 g/mol. The maximum atomic E-state index is 14.5. The van der Waals surface area contributed by atoms with Crippen molar-refractivity contribution in [1.29, 1.82) is 5.26 Å². The van der Waals surface area contributed by atoms with E-state index in [2.05, 4.69) is 21.1 Å². The van der Waals surface area contributed by atoms with Gasteiger partial charge in [-0.25, -0.2) is 9.37 Å². The smallest absolute Gasteiger partial charge is 0.141 e. The van der Waals surface area contributed by atoms with Gasteiger partial charge in [0.2, 0.25) is 0 Å². The van der Waals surface area contributed by atoms with Gasteiger partial charge in [0.1, 0.15) is 17.4 Å². The Morgan fingerprint density at radius 1 is 1.14 bits per heavy atom. The van der Waals surface area contributed by atoms with Gasteiger partial charge in [-0.2, -0.15) is 10.4 Å². The Labute approximate surface area is 167 Å². The van der Waals surface area contributed by atoms with Crippen molar-refractivity contribution < 1.29 is 4.39 Å². The lowest BCUT2D eigenvalue weighted by Crippen LogP contribution is -2.36. The van der Waals surface area contributed by atoms with Gasteiger partial charge in [0.15, 0.2) is 0 Å². The van der Waals surface area contributed by atoms with Gasteiger partial charge in [-0.1, -0.05) is 18.2 Å². The van der Waals surface area contributed by atoms with Crippen LogP contribution in [0.1, 0.15) is 25.0 Å². The molecule has 0 radical (unpaired) electrons. The number of hydrogen-bond acceptors (Lipinski definition) is 4. The fourth-order valence-corrected chi connectivity index (χ4v) is 3.79. The number of fused-ring (bicyclic) bond motifs is 1. The van der Waals surface area contributed by atoms with Gasteiger partial charge in [-0.3, -0.25) is 9.67 Å². The van der Waals surface area contributed by atoms with Crippen LogP contribution in [0.5, 0.6) is 0 Å². The molecule has 3 aromatic heterocycles. The van der Waals surface area contributed by atoms with Crippen molar-refractivity contribution in [2.24, 2.45) is 0 Å². The number of rotatable bonds is 4. The van der Waals surface area contributed by atoms with Crippen LogP contribution in [0.2, 0.25) is 0 Å². The van der Waals surface area contributed by atoms with Crippen molar-refractivity contribution in [3.8, 4) is 28.5 Å². The lowest BCUT2D eigenvalue weighted by Gasteiger charge is -2.33. The standard InChI is InChI=1S/C23H18FN5/c24-23(8-2-9-23)15-29-14-18(13-27-29)20-7-6-19(12-25)28-22(20)17-5-4-16-3-1-10-26-21(16)11-17/h1,3-7,10-11,13-14H,2,8-9,15H2. The topological polar surface area (TPSA) is 67.4 Å². The van der Waals surface area contributed by atoms with E-state index in [1.54, 1.807) is 23.1 Å². The molecule has 0 atom stereocenters. The molecule has 0 unspecified atom stereocenters. The lowest BCUT2D eigenvalue weighted by molar-refractivity contribution is 0.0405. The molecule has 0 amide bonds. The average molecular weight is 383 g/mol. The first-order valence-corrected chi connectivity index (χ1v) is 9.62.